The third-order valence-electron chi connectivity index (χ3n) is 4.82. The molecule has 3 rings (SSSR count). The van der Waals surface area contributed by atoms with Crippen molar-refractivity contribution in [3.63, 3.8) is 0 Å². The Kier molecular flexibility index (Phi) is 5.29. The van der Waals surface area contributed by atoms with E-state index >= 15 is 0 Å². The Hall–Kier alpha value is -1.87. The Morgan fingerprint density at radius 2 is 1.57 bits per heavy atom. The summed E-state index contributed by atoms with van der Waals surface area (Å²) in [6, 6.07) is 18.3. The van der Waals surface area contributed by atoms with Crippen molar-refractivity contribution in [3.05, 3.63) is 66.0 Å². The number of nitrogens with zero attached hydrogens (tertiary/aromatic N) is 2. The maximum atomic E-state index is 13.9. The molecule has 1 saturated heterocycles. The third-order valence-corrected chi connectivity index (χ3v) is 4.82. The predicted octanol–water partition coefficient (Wildman–Crippen LogP) is 3.97. The highest BCUT2D eigenvalue weighted by Gasteiger charge is 2.22. The lowest BCUT2D eigenvalue weighted by Crippen LogP contribution is -2.50. The van der Waals surface area contributed by atoms with Crippen LogP contribution in [0.4, 0.5) is 10.1 Å². The average Bonchev–Trinajstić information content (AvgIpc) is 2.61. The van der Waals surface area contributed by atoms with E-state index in [4.69, 9.17) is 0 Å². The fourth-order valence-electron chi connectivity index (χ4n) is 3.31. The molecule has 2 aromatic carbocycles. The summed E-state index contributed by atoms with van der Waals surface area (Å²) in [4.78, 5) is 4.69. The Balaban J connectivity index is 1.49. The second kappa shape index (κ2) is 7.60. The van der Waals surface area contributed by atoms with Crippen molar-refractivity contribution >= 4 is 5.69 Å². The molecule has 3 heteroatoms. The fourth-order valence-corrected chi connectivity index (χ4v) is 3.31. The highest BCUT2D eigenvalue weighted by atomic mass is 19.1. The maximum Gasteiger partial charge on any atom is 0.146 e. The molecule has 2 nitrogen and oxygen atoms in total. The van der Waals surface area contributed by atoms with Gasteiger partial charge in [-0.25, -0.2) is 4.39 Å². The summed E-state index contributed by atoms with van der Waals surface area (Å²) in [6.07, 6.45) is 2.29. The van der Waals surface area contributed by atoms with Crippen LogP contribution in [0.5, 0.6) is 0 Å². The number of hydrogen-bond acceptors (Lipinski definition) is 2. The predicted molar refractivity (Wildman–Crippen MR) is 94.4 cm³/mol. The van der Waals surface area contributed by atoms with E-state index < -0.39 is 0 Å². The van der Waals surface area contributed by atoms with Gasteiger partial charge in [0, 0.05) is 32.2 Å². The average molecular weight is 312 g/mol. The number of benzene rings is 2. The van der Waals surface area contributed by atoms with E-state index in [1.807, 2.05) is 12.1 Å². The van der Waals surface area contributed by atoms with Gasteiger partial charge in [-0.05, 0) is 37.5 Å². The lowest BCUT2D eigenvalue weighted by atomic mass is 10.0. The van der Waals surface area contributed by atoms with E-state index in [1.54, 1.807) is 12.1 Å². The fraction of sp³-hybridized carbons (Fsp3) is 0.400. The number of aryl methyl sites for hydroxylation is 1. The lowest BCUT2D eigenvalue weighted by Gasteiger charge is -2.39. The number of para-hydroxylation sites is 1. The van der Waals surface area contributed by atoms with Crippen LogP contribution in [-0.4, -0.2) is 37.1 Å². The molecule has 1 heterocycles. The number of halogens is 1. The first-order chi connectivity index (χ1) is 11.2. The van der Waals surface area contributed by atoms with Gasteiger partial charge >= 0.3 is 0 Å². The number of hydrogen-bond donors (Lipinski definition) is 0. The van der Waals surface area contributed by atoms with Gasteiger partial charge in [0.1, 0.15) is 5.82 Å². The van der Waals surface area contributed by atoms with Crippen LogP contribution in [0.2, 0.25) is 0 Å². The minimum atomic E-state index is -0.113. The second-order valence-corrected chi connectivity index (χ2v) is 6.35. The van der Waals surface area contributed by atoms with Crippen molar-refractivity contribution in [3.8, 4) is 0 Å². The van der Waals surface area contributed by atoms with Gasteiger partial charge in [0.25, 0.3) is 0 Å². The molecule has 1 fully saturated rings. The topological polar surface area (TPSA) is 6.48 Å². The zero-order chi connectivity index (χ0) is 16.1. The summed E-state index contributed by atoms with van der Waals surface area (Å²) in [7, 11) is 0. The zero-order valence-electron chi connectivity index (χ0n) is 13.8. The maximum absolute atomic E-state index is 13.9. The van der Waals surface area contributed by atoms with Crippen molar-refractivity contribution in [2.24, 2.45) is 0 Å². The van der Waals surface area contributed by atoms with Gasteiger partial charge in [-0.2, -0.15) is 0 Å². The van der Waals surface area contributed by atoms with Crippen molar-refractivity contribution in [1.82, 2.24) is 4.90 Å². The molecular weight excluding hydrogens is 287 g/mol. The molecule has 0 saturated carbocycles. The Morgan fingerprint density at radius 1 is 0.913 bits per heavy atom. The smallest absolute Gasteiger partial charge is 0.146 e. The third kappa shape index (κ3) is 4.11. The molecule has 0 amide bonds. The Bertz CT molecular complexity index is 606. The first-order valence-electron chi connectivity index (χ1n) is 8.51. The Morgan fingerprint density at radius 3 is 2.26 bits per heavy atom. The molecule has 1 aliphatic rings. The second-order valence-electron chi connectivity index (χ2n) is 6.35. The van der Waals surface area contributed by atoms with Crippen LogP contribution in [0.15, 0.2) is 54.6 Å². The molecule has 0 aliphatic carbocycles. The van der Waals surface area contributed by atoms with Crippen LogP contribution < -0.4 is 4.90 Å². The van der Waals surface area contributed by atoms with Gasteiger partial charge in [-0.1, -0.05) is 42.5 Å². The molecule has 23 heavy (non-hydrogen) atoms. The molecule has 0 unspecified atom stereocenters. The molecule has 0 bridgehead atoms. The summed E-state index contributed by atoms with van der Waals surface area (Å²) in [5, 5.41) is 0. The van der Waals surface area contributed by atoms with Gasteiger partial charge in [0.15, 0.2) is 0 Å². The molecule has 122 valence electrons. The highest BCUT2D eigenvalue weighted by Crippen LogP contribution is 2.21. The van der Waals surface area contributed by atoms with E-state index in [2.05, 4.69) is 47.1 Å². The number of piperazine rings is 1. The van der Waals surface area contributed by atoms with Crippen LogP contribution >= 0.6 is 0 Å². The van der Waals surface area contributed by atoms with Gasteiger partial charge in [-0.15, -0.1) is 0 Å². The van der Waals surface area contributed by atoms with Crippen LogP contribution in [0.25, 0.3) is 0 Å². The summed E-state index contributed by atoms with van der Waals surface area (Å²) < 4.78 is 13.9. The summed E-state index contributed by atoms with van der Waals surface area (Å²) in [5.74, 6) is -0.113. The van der Waals surface area contributed by atoms with E-state index in [0.717, 1.165) is 38.3 Å². The van der Waals surface area contributed by atoms with Crippen LogP contribution in [-0.2, 0) is 6.42 Å². The monoisotopic (exact) mass is 312 g/mol. The van der Waals surface area contributed by atoms with Crippen molar-refractivity contribution in [2.75, 3.05) is 31.1 Å². The molecule has 2 aromatic rings. The molecule has 0 N–H and O–H groups in total. The quantitative estimate of drug-likeness (QED) is 0.824. The minimum absolute atomic E-state index is 0.113. The number of rotatable bonds is 5. The molecule has 0 radical (unpaired) electrons. The van der Waals surface area contributed by atoms with Gasteiger partial charge < -0.3 is 4.90 Å². The van der Waals surface area contributed by atoms with E-state index in [-0.39, 0.29) is 5.82 Å². The van der Waals surface area contributed by atoms with Crippen molar-refractivity contribution in [1.29, 1.82) is 0 Å². The minimum Gasteiger partial charge on any atom is -0.367 e. The molecular formula is C20H25FN2. The SMILES string of the molecule is C[C@H](CCc1ccccc1)N1CCN(c2ccccc2F)CC1. The van der Waals surface area contributed by atoms with Gasteiger partial charge in [0.05, 0.1) is 5.69 Å². The Labute approximate surface area is 138 Å². The van der Waals surface area contributed by atoms with Crippen molar-refractivity contribution in [2.45, 2.75) is 25.8 Å². The largest absolute Gasteiger partial charge is 0.367 e. The highest BCUT2D eigenvalue weighted by molar-refractivity contribution is 5.48. The lowest BCUT2D eigenvalue weighted by molar-refractivity contribution is 0.188. The normalized spacial score (nSPS) is 17.2. The van der Waals surface area contributed by atoms with Crippen LogP contribution in [0.3, 0.4) is 0 Å². The van der Waals surface area contributed by atoms with Crippen molar-refractivity contribution < 1.29 is 4.39 Å². The summed E-state index contributed by atoms with van der Waals surface area (Å²) >= 11 is 0. The van der Waals surface area contributed by atoms with Crippen LogP contribution in [0, 0.1) is 5.82 Å². The van der Waals surface area contributed by atoms with E-state index in [0.29, 0.717) is 6.04 Å². The first-order valence-corrected chi connectivity index (χ1v) is 8.51. The molecule has 1 atom stereocenters. The van der Waals surface area contributed by atoms with Gasteiger partial charge in [0.2, 0.25) is 0 Å². The summed E-state index contributed by atoms with van der Waals surface area (Å²) in [5.41, 5.74) is 2.15. The standard InChI is InChI=1S/C20H25FN2/c1-17(11-12-18-7-3-2-4-8-18)22-13-15-23(16-14-22)20-10-6-5-9-19(20)21/h2-10,17H,11-16H2,1H3/t17-/m1/s1. The zero-order valence-corrected chi connectivity index (χ0v) is 13.8. The van der Waals surface area contributed by atoms with Crippen LogP contribution in [0.1, 0.15) is 18.9 Å². The molecule has 0 spiro atoms. The molecule has 0 aromatic heterocycles. The first kappa shape index (κ1) is 16.0. The summed E-state index contributed by atoms with van der Waals surface area (Å²) in [6.45, 7) is 6.11. The molecule has 1 aliphatic heterocycles. The van der Waals surface area contributed by atoms with E-state index in [9.17, 15) is 4.39 Å². The van der Waals surface area contributed by atoms with Gasteiger partial charge in [-0.3, -0.25) is 4.90 Å². The number of anilines is 1. The van der Waals surface area contributed by atoms with E-state index in [1.165, 1.54) is 12.0 Å².